The van der Waals surface area contributed by atoms with Gasteiger partial charge in [0.2, 0.25) is 5.76 Å². The summed E-state index contributed by atoms with van der Waals surface area (Å²) in [4.78, 5) is 12.3. The van der Waals surface area contributed by atoms with Crippen LogP contribution >= 0.6 is 23.5 Å². The minimum absolute atomic E-state index is 0.0544. The van der Waals surface area contributed by atoms with Crippen molar-refractivity contribution in [2.24, 2.45) is 0 Å². The molecule has 1 heterocycles. The summed E-state index contributed by atoms with van der Waals surface area (Å²) in [6, 6.07) is 20.3. The summed E-state index contributed by atoms with van der Waals surface area (Å²) in [6.45, 7) is 2.73. The number of nitrogens with zero attached hydrogens (tertiary/aromatic N) is 1. The molecule has 164 valence electrons. The van der Waals surface area contributed by atoms with E-state index < -0.39 is 5.97 Å². The van der Waals surface area contributed by atoms with Gasteiger partial charge in [-0.2, -0.15) is 0 Å². The van der Waals surface area contributed by atoms with Crippen LogP contribution in [0.2, 0.25) is 5.02 Å². The normalized spacial score (nSPS) is 11.4. The second-order valence-electron chi connectivity index (χ2n) is 7.41. The Kier molecular flexibility index (Phi) is 6.84. The van der Waals surface area contributed by atoms with Gasteiger partial charge < -0.3 is 9.52 Å². The number of fused-ring (bicyclic) bond motifs is 1. The zero-order valence-corrected chi connectivity index (χ0v) is 18.9. The van der Waals surface area contributed by atoms with Crippen molar-refractivity contribution < 1.29 is 18.7 Å². The second-order valence-corrected chi connectivity index (χ2v) is 8.99. The first-order chi connectivity index (χ1) is 15.4. The van der Waals surface area contributed by atoms with Gasteiger partial charge in [0.05, 0.1) is 0 Å². The highest BCUT2D eigenvalue weighted by Crippen LogP contribution is 2.33. The molecule has 0 fully saturated rings. The van der Waals surface area contributed by atoms with Crippen molar-refractivity contribution in [2.45, 2.75) is 24.8 Å². The molecule has 0 unspecified atom stereocenters. The van der Waals surface area contributed by atoms with Crippen molar-refractivity contribution in [3.8, 4) is 0 Å². The van der Waals surface area contributed by atoms with Crippen molar-refractivity contribution in [1.29, 1.82) is 0 Å². The van der Waals surface area contributed by atoms with E-state index in [0.29, 0.717) is 34.8 Å². The van der Waals surface area contributed by atoms with Crippen LogP contribution < -0.4 is 0 Å². The fourth-order valence-corrected chi connectivity index (χ4v) is 4.72. The van der Waals surface area contributed by atoms with Gasteiger partial charge in [0, 0.05) is 39.5 Å². The highest BCUT2D eigenvalue weighted by atomic mass is 35.5. The lowest BCUT2D eigenvalue weighted by Gasteiger charge is -2.22. The van der Waals surface area contributed by atoms with Crippen molar-refractivity contribution in [2.75, 3.05) is 6.54 Å². The van der Waals surface area contributed by atoms with Crippen LogP contribution in [0.15, 0.2) is 76.0 Å². The Labute approximate surface area is 194 Å². The first-order valence-corrected chi connectivity index (χ1v) is 11.2. The smallest absolute Gasteiger partial charge is 0.372 e. The number of carbonyl (C=O) groups is 1. The van der Waals surface area contributed by atoms with Crippen molar-refractivity contribution in [1.82, 2.24) is 4.31 Å². The van der Waals surface area contributed by atoms with Crippen LogP contribution in [0.25, 0.3) is 11.0 Å². The third-order valence-electron chi connectivity index (χ3n) is 5.23. The highest BCUT2D eigenvalue weighted by Gasteiger charge is 2.18. The van der Waals surface area contributed by atoms with Gasteiger partial charge >= 0.3 is 5.97 Å². The Bertz CT molecular complexity index is 1240. The molecule has 1 aromatic heterocycles. The molecule has 0 spiro atoms. The fraction of sp³-hybridized carbons (Fsp3) is 0.160. The van der Waals surface area contributed by atoms with Crippen LogP contribution in [0.3, 0.4) is 0 Å². The van der Waals surface area contributed by atoms with E-state index in [9.17, 15) is 14.3 Å². The van der Waals surface area contributed by atoms with Crippen molar-refractivity contribution in [3.05, 3.63) is 100 Å². The van der Waals surface area contributed by atoms with Crippen molar-refractivity contribution >= 4 is 40.5 Å². The van der Waals surface area contributed by atoms with E-state index in [1.165, 1.54) is 23.6 Å². The second kappa shape index (κ2) is 9.77. The summed E-state index contributed by atoms with van der Waals surface area (Å²) in [5.41, 5.74) is 2.74. The minimum Gasteiger partial charge on any atom is -0.475 e. The van der Waals surface area contributed by atoms with Crippen LogP contribution in [-0.4, -0.2) is 21.9 Å². The molecular weight excluding hydrogens is 449 g/mol. The number of halogens is 2. The molecule has 0 aliphatic carbocycles. The molecule has 0 aliphatic rings. The Morgan fingerprint density at radius 1 is 1.12 bits per heavy atom. The zero-order chi connectivity index (χ0) is 22.7. The Morgan fingerprint density at radius 2 is 1.91 bits per heavy atom. The lowest BCUT2D eigenvalue weighted by molar-refractivity contribution is 0.0664. The molecule has 4 aromatic rings. The number of hydrogen-bond acceptors (Lipinski definition) is 4. The predicted molar refractivity (Wildman–Crippen MR) is 126 cm³/mol. The van der Waals surface area contributed by atoms with E-state index in [4.69, 9.17) is 16.0 Å². The molecule has 0 saturated carbocycles. The molecule has 3 aromatic carbocycles. The topological polar surface area (TPSA) is 53.7 Å². The lowest BCUT2D eigenvalue weighted by atomic mass is 10.1. The number of rotatable bonds is 8. The third-order valence-corrected chi connectivity index (χ3v) is 6.61. The van der Waals surface area contributed by atoms with Gasteiger partial charge in [-0.05, 0) is 61.2 Å². The molecule has 0 bridgehead atoms. The predicted octanol–water partition coefficient (Wildman–Crippen LogP) is 6.98. The van der Waals surface area contributed by atoms with Gasteiger partial charge in [0.25, 0.3) is 0 Å². The van der Waals surface area contributed by atoms with Crippen molar-refractivity contribution in [3.63, 3.8) is 0 Å². The molecule has 0 aliphatic heterocycles. The van der Waals surface area contributed by atoms with Gasteiger partial charge in [-0.3, -0.25) is 0 Å². The van der Waals surface area contributed by atoms with E-state index in [1.54, 1.807) is 25.1 Å². The van der Waals surface area contributed by atoms with E-state index >= 15 is 0 Å². The third kappa shape index (κ3) is 4.99. The number of aryl methyl sites for hydroxylation is 1. The molecule has 7 heteroatoms. The van der Waals surface area contributed by atoms with Crippen LogP contribution in [0.4, 0.5) is 4.39 Å². The first kappa shape index (κ1) is 22.4. The van der Waals surface area contributed by atoms with Crippen LogP contribution in [-0.2, 0) is 13.0 Å². The summed E-state index contributed by atoms with van der Waals surface area (Å²) in [5, 5.41) is 10.5. The largest absolute Gasteiger partial charge is 0.475 e. The molecule has 4 rings (SSSR count). The Balaban J connectivity index is 1.61. The van der Waals surface area contributed by atoms with Gasteiger partial charge in [-0.15, -0.1) is 0 Å². The maximum Gasteiger partial charge on any atom is 0.372 e. The molecule has 0 amide bonds. The van der Waals surface area contributed by atoms with E-state index in [1.807, 2.05) is 30.3 Å². The number of carboxylic acid groups (broad SMARTS) is 1. The maximum atomic E-state index is 14.5. The van der Waals surface area contributed by atoms with E-state index in [-0.39, 0.29) is 11.6 Å². The maximum absolute atomic E-state index is 14.5. The summed E-state index contributed by atoms with van der Waals surface area (Å²) in [6.07, 6.45) is 0.788. The zero-order valence-electron chi connectivity index (χ0n) is 17.3. The Morgan fingerprint density at radius 3 is 2.62 bits per heavy atom. The lowest BCUT2D eigenvalue weighted by Crippen LogP contribution is -2.19. The summed E-state index contributed by atoms with van der Waals surface area (Å²) in [7, 11) is 0. The number of benzene rings is 3. The Hall–Kier alpha value is -2.80. The number of aromatic carboxylic acids is 1. The van der Waals surface area contributed by atoms with Crippen LogP contribution in [0.1, 0.15) is 27.2 Å². The van der Waals surface area contributed by atoms with Gasteiger partial charge in [-0.25, -0.2) is 13.5 Å². The van der Waals surface area contributed by atoms with E-state index in [2.05, 4.69) is 16.4 Å². The average molecular weight is 470 g/mol. The first-order valence-electron chi connectivity index (χ1n) is 10.1. The number of hydrogen-bond donors (Lipinski definition) is 1. The monoisotopic (exact) mass is 469 g/mol. The number of furan rings is 1. The molecule has 1 N–H and O–H groups in total. The highest BCUT2D eigenvalue weighted by molar-refractivity contribution is 7.97. The molecule has 0 saturated heterocycles. The average Bonchev–Trinajstić information content (AvgIpc) is 3.11. The SMILES string of the molecule is Cc1c(C(=O)O)oc2ccc(SN(CCc3ccccc3)Cc3c(F)cccc3Cl)cc12. The van der Waals surface area contributed by atoms with Gasteiger partial charge in [0.15, 0.2) is 0 Å². The molecular formula is C25H21ClFNO3S. The van der Waals surface area contributed by atoms with Crippen LogP contribution in [0, 0.1) is 12.7 Å². The number of carboxylic acids is 1. The standard InChI is InChI=1S/C25H21ClFNO3S/c1-16-19-14-18(10-11-23(19)31-24(16)25(29)30)32-28(13-12-17-6-3-2-4-7-17)15-20-21(26)8-5-9-22(20)27/h2-11,14H,12-13,15H2,1H3,(H,29,30). The molecule has 4 nitrogen and oxygen atoms in total. The van der Waals surface area contributed by atoms with Gasteiger partial charge in [-0.1, -0.05) is 48.0 Å². The summed E-state index contributed by atoms with van der Waals surface area (Å²) >= 11 is 7.76. The molecule has 0 radical (unpaired) electrons. The summed E-state index contributed by atoms with van der Waals surface area (Å²) in [5.74, 6) is -1.48. The molecule has 32 heavy (non-hydrogen) atoms. The molecule has 0 atom stereocenters. The van der Waals surface area contributed by atoms with Gasteiger partial charge in [0.1, 0.15) is 11.4 Å². The quantitative estimate of drug-likeness (QED) is 0.282. The van der Waals surface area contributed by atoms with E-state index in [0.717, 1.165) is 16.7 Å². The fourth-order valence-electron chi connectivity index (χ4n) is 3.53. The summed E-state index contributed by atoms with van der Waals surface area (Å²) < 4.78 is 22.0. The minimum atomic E-state index is -1.09. The van der Waals surface area contributed by atoms with Crippen LogP contribution in [0.5, 0.6) is 0 Å².